The first-order valence-corrected chi connectivity index (χ1v) is 6.03. The molecule has 2 aliphatic rings. The van der Waals surface area contributed by atoms with E-state index in [9.17, 15) is 8.42 Å². The van der Waals surface area contributed by atoms with E-state index in [0.29, 0.717) is 12.4 Å². The lowest BCUT2D eigenvalue weighted by Crippen LogP contribution is -2.13. The van der Waals surface area contributed by atoms with Crippen LogP contribution in [0.2, 0.25) is 0 Å². The zero-order valence-corrected chi connectivity index (χ0v) is 8.14. The van der Waals surface area contributed by atoms with Gasteiger partial charge in [-0.25, -0.2) is 8.42 Å². The standard InChI is InChI=1S/C7H7ClO4S/c8-13(9,10)5-3-7-6(12-4-5)1-2-11-7/h3-4,6H,1-2H2. The van der Waals surface area contributed by atoms with Crippen LogP contribution in [0.1, 0.15) is 6.42 Å². The maximum atomic E-state index is 10.9. The van der Waals surface area contributed by atoms with Crippen LogP contribution in [-0.2, 0) is 18.5 Å². The molecule has 0 spiro atoms. The minimum atomic E-state index is -3.71. The molecular formula is C7H7ClO4S. The molecule has 0 aromatic heterocycles. The second kappa shape index (κ2) is 2.92. The number of allylic oxidation sites excluding steroid dienone is 1. The molecular weight excluding hydrogens is 216 g/mol. The molecule has 2 aliphatic heterocycles. The van der Waals surface area contributed by atoms with Gasteiger partial charge in [0.05, 0.1) is 6.61 Å². The summed E-state index contributed by atoms with van der Waals surface area (Å²) in [5.74, 6) is 0.543. The third kappa shape index (κ3) is 1.66. The maximum Gasteiger partial charge on any atom is 0.264 e. The summed E-state index contributed by atoms with van der Waals surface area (Å²) in [5, 5.41) is 0. The van der Waals surface area contributed by atoms with Crippen molar-refractivity contribution < 1.29 is 17.9 Å². The van der Waals surface area contributed by atoms with Crippen LogP contribution in [0.3, 0.4) is 0 Å². The fourth-order valence-electron chi connectivity index (χ4n) is 1.24. The molecule has 2 rings (SSSR count). The predicted octanol–water partition coefficient (Wildman–Crippen LogP) is 1.10. The summed E-state index contributed by atoms with van der Waals surface area (Å²) in [6.45, 7) is 0.556. The minimum Gasteiger partial charge on any atom is -0.494 e. The van der Waals surface area contributed by atoms with Gasteiger partial charge >= 0.3 is 0 Å². The summed E-state index contributed by atoms with van der Waals surface area (Å²) in [4.78, 5) is -0.0534. The van der Waals surface area contributed by atoms with E-state index < -0.39 is 9.05 Å². The van der Waals surface area contributed by atoms with Crippen molar-refractivity contribution in [2.75, 3.05) is 6.61 Å². The molecule has 4 nitrogen and oxygen atoms in total. The number of hydrogen-bond donors (Lipinski definition) is 0. The second-order valence-corrected chi connectivity index (χ2v) is 5.33. The van der Waals surface area contributed by atoms with Crippen LogP contribution in [0.15, 0.2) is 23.0 Å². The first-order valence-electron chi connectivity index (χ1n) is 3.72. The average molecular weight is 223 g/mol. The van der Waals surface area contributed by atoms with E-state index in [1.54, 1.807) is 0 Å². The predicted molar refractivity (Wildman–Crippen MR) is 46.4 cm³/mol. The van der Waals surface area contributed by atoms with Crippen molar-refractivity contribution in [3.63, 3.8) is 0 Å². The number of fused-ring (bicyclic) bond motifs is 1. The summed E-state index contributed by atoms with van der Waals surface area (Å²) in [6, 6.07) is 0. The molecule has 0 N–H and O–H groups in total. The smallest absolute Gasteiger partial charge is 0.264 e. The van der Waals surface area contributed by atoms with Crippen molar-refractivity contribution in [1.29, 1.82) is 0 Å². The fourth-order valence-corrected chi connectivity index (χ4v) is 1.91. The Labute approximate surface area is 80.2 Å². The molecule has 0 saturated carbocycles. The van der Waals surface area contributed by atoms with Gasteiger partial charge in [0.25, 0.3) is 9.05 Å². The number of hydrogen-bond acceptors (Lipinski definition) is 4. The molecule has 1 unspecified atom stereocenters. The van der Waals surface area contributed by atoms with Gasteiger partial charge in [-0.1, -0.05) is 0 Å². The highest BCUT2D eigenvalue weighted by Gasteiger charge is 2.29. The lowest BCUT2D eigenvalue weighted by molar-refractivity contribution is 0.158. The van der Waals surface area contributed by atoms with Crippen LogP contribution in [0.5, 0.6) is 0 Å². The van der Waals surface area contributed by atoms with Gasteiger partial charge in [-0.3, -0.25) is 0 Å². The number of halogens is 1. The molecule has 0 amide bonds. The Bertz CT molecular complexity index is 381. The van der Waals surface area contributed by atoms with E-state index in [2.05, 4.69) is 0 Å². The van der Waals surface area contributed by atoms with Gasteiger partial charge in [-0.05, 0) is 0 Å². The van der Waals surface area contributed by atoms with E-state index in [1.165, 1.54) is 6.08 Å². The zero-order valence-electron chi connectivity index (χ0n) is 6.57. The molecule has 1 saturated heterocycles. The molecule has 6 heteroatoms. The molecule has 1 atom stereocenters. The van der Waals surface area contributed by atoms with E-state index in [4.69, 9.17) is 20.2 Å². The van der Waals surface area contributed by atoms with Crippen LogP contribution in [0.4, 0.5) is 0 Å². The molecule has 13 heavy (non-hydrogen) atoms. The van der Waals surface area contributed by atoms with E-state index in [1.807, 2.05) is 0 Å². The third-order valence-corrected chi connectivity index (χ3v) is 3.19. The minimum absolute atomic E-state index is 0.0534. The summed E-state index contributed by atoms with van der Waals surface area (Å²) >= 11 is 0. The molecule has 72 valence electrons. The molecule has 1 fully saturated rings. The highest BCUT2D eigenvalue weighted by molar-refractivity contribution is 8.17. The molecule has 0 bridgehead atoms. The number of ether oxygens (including phenoxy) is 2. The molecule has 0 aliphatic carbocycles. The van der Waals surface area contributed by atoms with E-state index >= 15 is 0 Å². The average Bonchev–Trinajstić information content (AvgIpc) is 2.47. The molecule has 0 aromatic carbocycles. The van der Waals surface area contributed by atoms with Crippen molar-refractivity contribution in [3.8, 4) is 0 Å². The molecule has 0 radical (unpaired) electrons. The summed E-state index contributed by atoms with van der Waals surface area (Å²) in [5.41, 5.74) is 0. The lowest BCUT2D eigenvalue weighted by Gasteiger charge is -2.15. The molecule has 2 heterocycles. The van der Waals surface area contributed by atoms with Crippen molar-refractivity contribution >= 4 is 19.7 Å². The van der Waals surface area contributed by atoms with Gasteiger partial charge in [-0.15, -0.1) is 0 Å². The summed E-state index contributed by atoms with van der Waals surface area (Å²) in [7, 11) is 1.41. The quantitative estimate of drug-likeness (QED) is 0.624. The van der Waals surface area contributed by atoms with Gasteiger partial charge in [-0.2, -0.15) is 0 Å². The van der Waals surface area contributed by atoms with Gasteiger partial charge in [0, 0.05) is 23.2 Å². The fraction of sp³-hybridized carbons (Fsp3) is 0.429. The summed E-state index contributed by atoms with van der Waals surface area (Å²) < 4.78 is 32.1. The van der Waals surface area contributed by atoms with Crippen LogP contribution in [0.25, 0.3) is 0 Å². The van der Waals surface area contributed by atoms with Crippen molar-refractivity contribution in [2.24, 2.45) is 0 Å². The first kappa shape index (κ1) is 8.90. The van der Waals surface area contributed by atoms with Gasteiger partial charge in [0.15, 0.2) is 6.10 Å². The topological polar surface area (TPSA) is 52.6 Å². The Morgan fingerprint density at radius 2 is 2.31 bits per heavy atom. The summed E-state index contributed by atoms with van der Waals surface area (Å²) in [6.07, 6.45) is 3.18. The van der Waals surface area contributed by atoms with Gasteiger partial charge in [0.2, 0.25) is 0 Å². The second-order valence-electron chi connectivity index (χ2n) is 2.77. The highest BCUT2D eigenvalue weighted by atomic mass is 35.7. The van der Waals surface area contributed by atoms with Gasteiger partial charge < -0.3 is 9.47 Å². The lowest BCUT2D eigenvalue weighted by atomic mass is 10.2. The van der Waals surface area contributed by atoms with Crippen molar-refractivity contribution in [3.05, 3.63) is 23.0 Å². The number of rotatable bonds is 1. The van der Waals surface area contributed by atoms with E-state index in [0.717, 1.165) is 12.7 Å². The maximum absolute atomic E-state index is 10.9. The Morgan fingerprint density at radius 1 is 1.54 bits per heavy atom. The zero-order chi connectivity index (χ0) is 9.47. The third-order valence-electron chi connectivity index (χ3n) is 1.88. The first-order chi connectivity index (χ1) is 6.07. The Balaban J connectivity index is 2.32. The van der Waals surface area contributed by atoms with E-state index in [-0.39, 0.29) is 11.0 Å². The van der Waals surface area contributed by atoms with Gasteiger partial charge in [0.1, 0.15) is 16.9 Å². The Hall–Kier alpha value is -0.680. The largest absolute Gasteiger partial charge is 0.494 e. The SMILES string of the molecule is O=S(=O)(Cl)C1=COC2CCOC2=C1. The van der Waals surface area contributed by atoms with Crippen LogP contribution in [0, 0.1) is 0 Å². The van der Waals surface area contributed by atoms with Crippen molar-refractivity contribution in [2.45, 2.75) is 12.5 Å². The Kier molecular flexibility index (Phi) is 2.00. The van der Waals surface area contributed by atoms with Crippen LogP contribution < -0.4 is 0 Å². The normalized spacial score (nSPS) is 26.7. The Morgan fingerprint density at radius 3 is 3.00 bits per heavy atom. The van der Waals surface area contributed by atoms with Crippen LogP contribution >= 0.6 is 10.7 Å². The molecule has 0 aromatic rings. The monoisotopic (exact) mass is 222 g/mol. The van der Waals surface area contributed by atoms with Crippen LogP contribution in [-0.4, -0.2) is 21.1 Å². The highest BCUT2D eigenvalue weighted by Crippen LogP contribution is 2.29. The van der Waals surface area contributed by atoms with Crippen molar-refractivity contribution in [1.82, 2.24) is 0 Å².